The third kappa shape index (κ3) is 2.51. The first kappa shape index (κ1) is 12.3. The highest BCUT2D eigenvalue weighted by molar-refractivity contribution is 5.77. The SMILES string of the molecule is NC1CCC(=O)NC1c1ccc2c(c1)OCCCO2. The molecule has 5 heteroatoms. The second kappa shape index (κ2) is 5.09. The number of nitrogens with one attached hydrogen (secondary N) is 1. The molecule has 0 aromatic heterocycles. The van der Waals surface area contributed by atoms with Gasteiger partial charge in [0.2, 0.25) is 5.91 Å². The van der Waals surface area contributed by atoms with Crippen molar-refractivity contribution >= 4 is 5.91 Å². The van der Waals surface area contributed by atoms with E-state index in [2.05, 4.69) is 5.32 Å². The molecular weight excluding hydrogens is 244 g/mol. The molecule has 2 unspecified atom stereocenters. The minimum Gasteiger partial charge on any atom is -0.490 e. The summed E-state index contributed by atoms with van der Waals surface area (Å²) in [6, 6.07) is 5.57. The number of ether oxygens (including phenoxy) is 2. The van der Waals surface area contributed by atoms with Gasteiger partial charge in [0.05, 0.1) is 19.3 Å². The second-order valence-electron chi connectivity index (χ2n) is 5.00. The third-order valence-corrected chi connectivity index (χ3v) is 3.58. The molecule has 2 heterocycles. The number of hydrogen-bond donors (Lipinski definition) is 2. The first-order chi connectivity index (χ1) is 9.24. The Hall–Kier alpha value is -1.75. The lowest BCUT2D eigenvalue weighted by Crippen LogP contribution is -2.45. The summed E-state index contributed by atoms with van der Waals surface area (Å²) in [5.41, 5.74) is 7.07. The predicted molar refractivity (Wildman–Crippen MR) is 70.1 cm³/mol. The number of benzene rings is 1. The van der Waals surface area contributed by atoms with Gasteiger partial charge in [0.1, 0.15) is 0 Å². The molecule has 5 nitrogen and oxygen atoms in total. The number of carbonyl (C=O) groups is 1. The summed E-state index contributed by atoms with van der Waals surface area (Å²) < 4.78 is 11.3. The average Bonchev–Trinajstić information content (AvgIpc) is 2.66. The molecule has 2 aliphatic rings. The Morgan fingerprint density at radius 1 is 1.21 bits per heavy atom. The van der Waals surface area contributed by atoms with Gasteiger partial charge < -0.3 is 20.5 Å². The van der Waals surface area contributed by atoms with Crippen molar-refractivity contribution in [2.75, 3.05) is 13.2 Å². The van der Waals surface area contributed by atoms with Crippen LogP contribution in [0.4, 0.5) is 0 Å². The first-order valence-electron chi connectivity index (χ1n) is 6.68. The lowest BCUT2D eigenvalue weighted by atomic mass is 9.92. The molecule has 1 fully saturated rings. The van der Waals surface area contributed by atoms with Crippen LogP contribution in [-0.4, -0.2) is 25.2 Å². The third-order valence-electron chi connectivity index (χ3n) is 3.58. The standard InChI is InChI=1S/C14H18N2O3/c15-10-3-5-13(17)16-14(10)9-2-4-11-12(8-9)19-7-1-6-18-11/h2,4,8,10,14H,1,3,5-7,15H2,(H,16,17). The molecule has 0 saturated carbocycles. The smallest absolute Gasteiger partial charge is 0.220 e. The summed E-state index contributed by atoms with van der Waals surface area (Å²) >= 11 is 0. The molecule has 1 amide bonds. The van der Waals surface area contributed by atoms with E-state index in [-0.39, 0.29) is 18.0 Å². The van der Waals surface area contributed by atoms with Gasteiger partial charge in [-0.1, -0.05) is 6.07 Å². The molecule has 2 atom stereocenters. The molecule has 1 aromatic carbocycles. The van der Waals surface area contributed by atoms with Crippen molar-refractivity contribution in [2.45, 2.75) is 31.3 Å². The van der Waals surface area contributed by atoms with Crippen LogP contribution in [0.3, 0.4) is 0 Å². The molecule has 2 aliphatic heterocycles. The van der Waals surface area contributed by atoms with E-state index in [0.29, 0.717) is 26.1 Å². The normalized spacial score (nSPS) is 26.5. The Labute approximate surface area is 112 Å². The summed E-state index contributed by atoms with van der Waals surface area (Å²) in [5, 5.41) is 2.94. The molecule has 3 N–H and O–H groups in total. The van der Waals surface area contributed by atoms with Crippen LogP contribution in [0, 0.1) is 0 Å². The van der Waals surface area contributed by atoms with E-state index in [1.54, 1.807) is 0 Å². The highest BCUT2D eigenvalue weighted by atomic mass is 16.5. The lowest BCUT2D eigenvalue weighted by Gasteiger charge is -2.30. The van der Waals surface area contributed by atoms with Gasteiger partial charge in [0.15, 0.2) is 11.5 Å². The van der Waals surface area contributed by atoms with Crippen LogP contribution in [0.5, 0.6) is 11.5 Å². The minimum atomic E-state index is -0.140. The fourth-order valence-electron chi connectivity index (χ4n) is 2.52. The van der Waals surface area contributed by atoms with E-state index in [1.807, 2.05) is 18.2 Å². The number of amides is 1. The van der Waals surface area contributed by atoms with Gasteiger partial charge in [0.25, 0.3) is 0 Å². The highest BCUT2D eigenvalue weighted by Gasteiger charge is 2.28. The van der Waals surface area contributed by atoms with E-state index in [1.165, 1.54) is 0 Å². The maximum Gasteiger partial charge on any atom is 0.220 e. The zero-order valence-electron chi connectivity index (χ0n) is 10.7. The quantitative estimate of drug-likeness (QED) is 0.795. The molecule has 0 aliphatic carbocycles. The maximum atomic E-state index is 11.5. The van der Waals surface area contributed by atoms with Crippen molar-refractivity contribution in [3.63, 3.8) is 0 Å². The van der Waals surface area contributed by atoms with Crippen molar-refractivity contribution in [3.05, 3.63) is 23.8 Å². The fraction of sp³-hybridized carbons (Fsp3) is 0.500. The zero-order chi connectivity index (χ0) is 13.2. The molecule has 0 radical (unpaired) electrons. The van der Waals surface area contributed by atoms with E-state index in [9.17, 15) is 4.79 Å². The van der Waals surface area contributed by atoms with Crippen LogP contribution in [0.1, 0.15) is 30.9 Å². The van der Waals surface area contributed by atoms with Gasteiger partial charge in [0, 0.05) is 18.9 Å². The molecule has 1 saturated heterocycles. The number of hydrogen-bond acceptors (Lipinski definition) is 4. The Morgan fingerprint density at radius 3 is 2.84 bits per heavy atom. The van der Waals surface area contributed by atoms with Gasteiger partial charge in [-0.3, -0.25) is 4.79 Å². The number of piperidine rings is 1. The summed E-state index contributed by atoms with van der Waals surface area (Å²) in [5.74, 6) is 1.55. The second-order valence-corrected chi connectivity index (χ2v) is 5.00. The minimum absolute atomic E-state index is 0.0533. The van der Waals surface area contributed by atoms with Crippen LogP contribution in [0.25, 0.3) is 0 Å². The van der Waals surface area contributed by atoms with Crippen molar-refractivity contribution in [3.8, 4) is 11.5 Å². The van der Waals surface area contributed by atoms with Crippen LogP contribution in [0.15, 0.2) is 18.2 Å². The van der Waals surface area contributed by atoms with Crippen LogP contribution < -0.4 is 20.5 Å². The van der Waals surface area contributed by atoms with Crippen molar-refractivity contribution in [2.24, 2.45) is 5.73 Å². The summed E-state index contributed by atoms with van der Waals surface area (Å²) in [6.07, 6.45) is 2.09. The lowest BCUT2D eigenvalue weighted by molar-refractivity contribution is -0.123. The van der Waals surface area contributed by atoms with E-state index in [0.717, 1.165) is 23.5 Å². The topological polar surface area (TPSA) is 73.6 Å². The number of nitrogens with two attached hydrogens (primary N) is 1. The van der Waals surface area contributed by atoms with Crippen molar-refractivity contribution in [1.82, 2.24) is 5.32 Å². The Bertz CT molecular complexity index is 490. The first-order valence-corrected chi connectivity index (χ1v) is 6.68. The monoisotopic (exact) mass is 262 g/mol. The van der Waals surface area contributed by atoms with Crippen molar-refractivity contribution < 1.29 is 14.3 Å². The van der Waals surface area contributed by atoms with E-state index < -0.39 is 0 Å². The molecule has 0 spiro atoms. The van der Waals surface area contributed by atoms with Crippen molar-refractivity contribution in [1.29, 1.82) is 0 Å². The van der Waals surface area contributed by atoms with Crippen LogP contribution >= 0.6 is 0 Å². The van der Waals surface area contributed by atoms with Gasteiger partial charge in [-0.15, -0.1) is 0 Å². The summed E-state index contributed by atoms with van der Waals surface area (Å²) in [7, 11) is 0. The van der Waals surface area contributed by atoms with Gasteiger partial charge >= 0.3 is 0 Å². The number of rotatable bonds is 1. The predicted octanol–water partition coefficient (Wildman–Crippen LogP) is 1.13. The molecular formula is C14H18N2O3. The molecule has 19 heavy (non-hydrogen) atoms. The van der Waals surface area contributed by atoms with Gasteiger partial charge in [-0.05, 0) is 24.1 Å². The molecule has 1 aromatic rings. The Morgan fingerprint density at radius 2 is 2.00 bits per heavy atom. The van der Waals surface area contributed by atoms with E-state index in [4.69, 9.17) is 15.2 Å². The molecule has 3 rings (SSSR count). The van der Waals surface area contributed by atoms with Gasteiger partial charge in [-0.25, -0.2) is 0 Å². The maximum absolute atomic E-state index is 11.5. The van der Waals surface area contributed by atoms with Crippen LogP contribution in [0.2, 0.25) is 0 Å². The van der Waals surface area contributed by atoms with E-state index >= 15 is 0 Å². The average molecular weight is 262 g/mol. The zero-order valence-corrected chi connectivity index (χ0v) is 10.7. The summed E-state index contributed by atoms with van der Waals surface area (Å²) in [4.78, 5) is 11.5. The largest absolute Gasteiger partial charge is 0.490 e. The van der Waals surface area contributed by atoms with Gasteiger partial charge in [-0.2, -0.15) is 0 Å². The fourth-order valence-corrected chi connectivity index (χ4v) is 2.52. The molecule has 0 bridgehead atoms. The number of carbonyl (C=O) groups excluding carboxylic acids is 1. The summed E-state index contributed by atoms with van der Waals surface area (Å²) in [6.45, 7) is 1.32. The molecule has 102 valence electrons. The highest BCUT2D eigenvalue weighted by Crippen LogP contribution is 2.34. The number of fused-ring (bicyclic) bond motifs is 1. The Kier molecular flexibility index (Phi) is 3.29. The Balaban J connectivity index is 1.88. The van der Waals surface area contributed by atoms with Crippen LogP contribution in [-0.2, 0) is 4.79 Å².